The summed E-state index contributed by atoms with van der Waals surface area (Å²) in [5.74, 6) is 0.275. The fourth-order valence-corrected chi connectivity index (χ4v) is 7.47. The van der Waals surface area contributed by atoms with Crippen LogP contribution in [0, 0.1) is 6.92 Å². The molecule has 2 heterocycles. The molecule has 0 bridgehead atoms. The molecule has 1 atom stereocenters. The van der Waals surface area contributed by atoms with E-state index in [0.29, 0.717) is 12.1 Å². The predicted octanol–water partition coefficient (Wildman–Crippen LogP) is 7.55. The van der Waals surface area contributed by atoms with Crippen LogP contribution in [0.2, 0.25) is 0 Å². The van der Waals surface area contributed by atoms with Crippen LogP contribution in [0.15, 0.2) is 60.9 Å². The van der Waals surface area contributed by atoms with Crippen molar-refractivity contribution < 1.29 is 9.90 Å². The van der Waals surface area contributed by atoms with E-state index >= 15 is 0 Å². The Labute approximate surface area is 249 Å². The SMILES string of the molecule is Cc1cccc(C(CCNC2CCC(NC(=O)O)CC2)c2cn(C3CCCCC3)c3ccc(-c4ccnn4C)cc23)c1. The molecular weight excluding hydrogens is 522 g/mol. The molecule has 1 unspecified atom stereocenters. The second-order valence-electron chi connectivity index (χ2n) is 12.6. The number of aromatic nitrogens is 3. The first-order valence-corrected chi connectivity index (χ1v) is 15.9. The number of aryl methyl sites for hydroxylation is 2. The summed E-state index contributed by atoms with van der Waals surface area (Å²) >= 11 is 0. The highest BCUT2D eigenvalue weighted by Gasteiger charge is 2.26. The number of nitrogens with zero attached hydrogens (tertiary/aromatic N) is 3. The number of amides is 1. The number of hydrogen-bond acceptors (Lipinski definition) is 3. The molecular formula is C35H45N5O2. The molecule has 2 saturated carbocycles. The third kappa shape index (κ3) is 6.26. The van der Waals surface area contributed by atoms with Crippen molar-refractivity contribution in [2.75, 3.05) is 6.54 Å². The molecule has 0 radical (unpaired) electrons. The number of benzene rings is 2. The maximum Gasteiger partial charge on any atom is 0.404 e. The Morgan fingerprint density at radius 1 is 1.00 bits per heavy atom. The third-order valence-corrected chi connectivity index (χ3v) is 9.69. The normalized spacial score (nSPS) is 20.5. The lowest BCUT2D eigenvalue weighted by atomic mass is 9.86. The summed E-state index contributed by atoms with van der Waals surface area (Å²) in [4.78, 5) is 11.1. The fourth-order valence-electron chi connectivity index (χ4n) is 7.47. The van der Waals surface area contributed by atoms with E-state index in [1.165, 1.54) is 65.3 Å². The van der Waals surface area contributed by atoms with Gasteiger partial charge in [-0.2, -0.15) is 5.10 Å². The highest BCUT2D eigenvalue weighted by molar-refractivity contribution is 5.89. The highest BCUT2D eigenvalue weighted by atomic mass is 16.4. The first-order chi connectivity index (χ1) is 20.5. The van der Waals surface area contributed by atoms with E-state index in [9.17, 15) is 4.79 Å². The summed E-state index contributed by atoms with van der Waals surface area (Å²) in [6.45, 7) is 3.12. The predicted molar refractivity (Wildman–Crippen MR) is 169 cm³/mol. The molecule has 1 amide bonds. The van der Waals surface area contributed by atoms with Gasteiger partial charge in [-0.05, 0) is 87.7 Å². The highest BCUT2D eigenvalue weighted by Crippen LogP contribution is 2.40. The molecule has 0 spiro atoms. The first kappa shape index (κ1) is 28.5. The van der Waals surface area contributed by atoms with Gasteiger partial charge in [0.1, 0.15) is 0 Å². The first-order valence-electron chi connectivity index (χ1n) is 15.9. The Bertz CT molecular complexity index is 1510. The molecule has 2 aromatic carbocycles. The standard InChI is InChI=1S/C35H45N5O2/c1-24-7-6-8-25(21-24)30(17-19-36-27-12-14-28(15-13-27)38-35(41)42)32-23-40(29-9-4-3-5-10-29)34-16-11-26(22-31(32)34)33-18-20-37-39(33)2/h6-8,11,16,18,20-23,27-30,36,38H,3-5,9-10,12-15,17,19H2,1-2H3,(H,41,42). The van der Waals surface area contributed by atoms with Crippen molar-refractivity contribution in [3.63, 3.8) is 0 Å². The van der Waals surface area contributed by atoms with Crippen LogP contribution >= 0.6 is 0 Å². The second kappa shape index (κ2) is 12.7. The lowest BCUT2D eigenvalue weighted by molar-refractivity contribution is 0.183. The van der Waals surface area contributed by atoms with E-state index in [2.05, 4.69) is 82.0 Å². The smallest absolute Gasteiger partial charge is 0.404 e. The van der Waals surface area contributed by atoms with Gasteiger partial charge in [0.15, 0.2) is 0 Å². The van der Waals surface area contributed by atoms with E-state index in [1.54, 1.807) is 0 Å². The van der Waals surface area contributed by atoms with E-state index in [0.717, 1.165) is 44.3 Å². The molecule has 2 aliphatic rings. The van der Waals surface area contributed by atoms with Crippen LogP contribution < -0.4 is 10.6 Å². The second-order valence-corrected chi connectivity index (χ2v) is 12.6. The third-order valence-electron chi connectivity index (χ3n) is 9.69. The number of fused-ring (bicyclic) bond motifs is 1. The van der Waals surface area contributed by atoms with Crippen LogP contribution in [0.25, 0.3) is 22.2 Å². The van der Waals surface area contributed by atoms with Gasteiger partial charge in [0.25, 0.3) is 0 Å². The van der Waals surface area contributed by atoms with Gasteiger partial charge in [-0.15, -0.1) is 0 Å². The van der Waals surface area contributed by atoms with Gasteiger partial charge in [-0.1, -0.05) is 55.2 Å². The number of nitrogens with one attached hydrogen (secondary N) is 2. The van der Waals surface area contributed by atoms with Crippen molar-refractivity contribution in [1.82, 2.24) is 25.0 Å². The Morgan fingerprint density at radius 2 is 1.79 bits per heavy atom. The van der Waals surface area contributed by atoms with Gasteiger partial charge in [-0.25, -0.2) is 4.79 Å². The Morgan fingerprint density at radius 3 is 2.50 bits per heavy atom. The molecule has 222 valence electrons. The van der Waals surface area contributed by atoms with E-state index in [4.69, 9.17) is 5.11 Å². The van der Waals surface area contributed by atoms with Gasteiger partial charge < -0.3 is 20.3 Å². The van der Waals surface area contributed by atoms with Crippen molar-refractivity contribution in [2.24, 2.45) is 7.05 Å². The molecule has 7 heteroatoms. The molecule has 6 rings (SSSR count). The summed E-state index contributed by atoms with van der Waals surface area (Å²) in [6.07, 6.45) is 14.7. The molecule has 2 aromatic heterocycles. The lowest BCUT2D eigenvalue weighted by Gasteiger charge is -2.29. The van der Waals surface area contributed by atoms with Crippen molar-refractivity contribution in [3.8, 4) is 11.3 Å². The quantitative estimate of drug-likeness (QED) is 0.195. The van der Waals surface area contributed by atoms with Crippen molar-refractivity contribution in [3.05, 3.63) is 77.6 Å². The number of carboxylic acid groups (broad SMARTS) is 1. The molecule has 42 heavy (non-hydrogen) atoms. The molecule has 3 N–H and O–H groups in total. The van der Waals surface area contributed by atoms with Gasteiger partial charge in [0, 0.05) is 60.0 Å². The maximum absolute atomic E-state index is 11.1. The van der Waals surface area contributed by atoms with Crippen LogP contribution in [-0.2, 0) is 7.05 Å². The molecule has 7 nitrogen and oxygen atoms in total. The van der Waals surface area contributed by atoms with Gasteiger partial charge in [0.2, 0.25) is 0 Å². The summed E-state index contributed by atoms with van der Waals surface area (Å²) < 4.78 is 4.56. The molecule has 0 saturated heterocycles. The summed E-state index contributed by atoms with van der Waals surface area (Å²) in [5.41, 5.74) is 7.77. The Hall–Kier alpha value is -3.58. The van der Waals surface area contributed by atoms with Crippen LogP contribution in [0.1, 0.15) is 92.9 Å². The largest absolute Gasteiger partial charge is 0.465 e. The minimum atomic E-state index is -0.911. The average molecular weight is 568 g/mol. The summed E-state index contributed by atoms with van der Waals surface area (Å²) in [6, 6.07) is 19.2. The minimum Gasteiger partial charge on any atom is -0.465 e. The van der Waals surface area contributed by atoms with Gasteiger partial charge >= 0.3 is 6.09 Å². The zero-order chi connectivity index (χ0) is 29.1. The van der Waals surface area contributed by atoms with Crippen molar-refractivity contribution in [1.29, 1.82) is 0 Å². The summed E-state index contributed by atoms with van der Waals surface area (Å²) in [5, 5.41) is 21.4. The van der Waals surface area contributed by atoms with Gasteiger partial charge in [0.05, 0.1) is 5.69 Å². The van der Waals surface area contributed by atoms with E-state index in [1.807, 2.05) is 17.9 Å². The van der Waals surface area contributed by atoms with Crippen LogP contribution in [0.3, 0.4) is 0 Å². The van der Waals surface area contributed by atoms with E-state index in [-0.39, 0.29) is 12.0 Å². The molecule has 2 fully saturated rings. The topological polar surface area (TPSA) is 84.1 Å². The number of rotatable bonds is 9. The molecule has 4 aromatic rings. The molecule has 2 aliphatic carbocycles. The Kier molecular flexibility index (Phi) is 8.66. The number of hydrogen-bond donors (Lipinski definition) is 3. The monoisotopic (exact) mass is 567 g/mol. The van der Waals surface area contributed by atoms with Crippen LogP contribution in [0.5, 0.6) is 0 Å². The Balaban J connectivity index is 1.32. The van der Waals surface area contributed by atoms with E-state index < -0.39 is 6.09 Å². The number of carbonyl (C=O) groups is 1. The zero-order valence-corrected chi connectivity index (χ0v) is 25.1. The van der Waals surface area contributed by atoms with Crippen molar-refractivity contribution in [2.45, 2.75) is 95.2 Å². The fraction of sp³-hybridized carbons (Fsp3) is 0.486. The average Bonchev–Trinajstić information content (AvgIpc) is 3.59. The van der Waals surface area contributed by atoms with Crippen molar-refractivity contribution >= 4 is 17.0 Å². The molecule has 0 aliphatic heterocycles. The minimum absolute atomic E-state index is 0.0835. The van der Waals surface area contributed by atoms with Crippen LogP contribution in [-0.4, -0.2) is 44.2 Å². The summed E-state index contributed by atoms with van der Waals surface area (Å²) in [7, 11) is 2.01. The van der Waals surface area contributed by atoms with Crippen LogP contribution in [0.4, 0.5) is 4.79 Å². The lowest BCUT2D eigenvalue weighted by Crippen LogP contribution is -2.42. The zero-order valence-electron chi connectivity index (χ0n) is 25.1. The van der Waals surface area contributed by atoms with Gasteiger partial charge in [-0.3, -0.25) is 4.68 Å². The maximum atomic E-state index is 11.1.